The van der Waals surface area contributed by atoms with Gasteiger partial charge in [0, 0.05) is 42.2 Å². The number of nitrogens with zero attached hydrogens (tertiary/aromatic N) is 4. The van der Waals surface area contributed by atoms with Gasteiger partial charge in [-0.25, -0.2) is 9.97 Å². The smallest absolute Gasteiger partial charge is 0.231 e. The van der Waals surface area contributed by atoms with Gasteiger partial charge in [0.15, 0.2) is 0 Å². The zero-order valence-electron chi connectivity index (χ0n) is 14.1. The minimum Gasteiger partial charge on any atom is -0.340 e. The van der Waals surface area contributed by atoms with Crippen molar-refractivity contribution in [3.8, 4) is 0 Å². The molecule has 0 spiro atoms. The van der Waals surface area contributed by atoms with E-state index < -0.39 is 0 Å². The Morgan fingerprint density at radius 2 is 2.00 bits per heavy atom. The molecule has 2 aliphatic rings. The molecular formula is C19H21BrN4O. The van der Waals surface area contributed by atoms with E-state index in [4.69, 9.17) is 0 Å². The molecule has 1 fully saturated rings. The number of carbonyl (C=O) groups excluding carboxylic acids is 1. The first-order chi connectivity index (χ1) is 12.2. The van der Waals surface area contributed by atoms with Crippen molar-refractivity contribution in [3.63, 3.8) is 0 Å². The highest BCUT2D eigenvalue weighted by molar-refractivity contribution is 9.10. The Labute approximate surface area is 156 Å². The van der Waals surface area contributed by atoms with Gasteiger partial charge in [-0.05, 0) is 55.5 Å². The number of piperidine rings is 1. The van der Waals surface area contributed by atoms with Gasteiger partial charge in [0.2, 0.25) is 11.9 Å². The van der Waals surface area contributed by atoms with Gasteiger partial charge in [-0.15, -0.1) is 0 Å². The Hall–Kier alpha value is -1.95. The first kappa shape index (κ1) is 16.5. The third-order valence-electron chi connectivity index (χ3n) is 5.03. The van der Waals surface area contributed by atoms with Gasteiger partial charge >= 0.3 is 0 Å². The molecule has 5 nitrogen and oxygen atoms in total. The second-order valence-electron chi connectivity index (χ2n) is 6.70. The summed E-state index contributed by atoms with van der Waals surface area (Å²) in [6.45, 7) is 2.42. The minimum atomic E-state index is 0.00662. The van der Waals surface area contributed by atoms with Crippen LogP contribution in [0.4, 0.5) is 11.6 Å². The van der Waals surface area contributed by atoms with Crippen molar-refractivity contribution < 1.29 is 4.79 Å². The molecule has 0 bridgehead atoms. The quantitative estimate of drug-likeness (QED) is 0.774. The molecule has 25 heavy (non-hydrogen) atoms. The Balaban J connectivity index is 1.53. The van der Waals surface area contributed by atoms with Gasteiger partial charge < -0.3 is 9.80 Å². The number of benzene rings is 1. The van der Waals surface area contributed by atoms with Gasteiger partial charge in [0.25, 0.3) is 0 Å². The summed E-state index contributed by atoms with van der Waals surface area (Å²) in [5.41, 5.74) is 2.33. The van der Waals surface area contributed by atoms with Crippen molar-refractivity contribution in [1.82, 2.24) is 9.97 Å². The van der Waals surface area contributed by atoms with Crippen LogP contribution < -0.4 is 9.80 Å². The third-order valence-corrected chi connectivity index (χ3v) is 5.53. The molecule has 0 radical (unpaired) electrons. The number of hydrogen-bond donors (Lipinski definition) is 0. The molecule has 1 saturated heterocycles. The van der Waals surface area contributed by atoms with Crippen molar-refractivity contribution in [2.45, 2.75) is 25.7 Å². The van der Waals surface area contributed by atoms with Crippen LogP contribution in [0.2, 0.25) is 0 Å². The van der Waals surface area contributed by atoms with Crippen LogP contribution in [0.15, 0.2) is 41.1 Å². The van der Waals surface area contributed by atoms with E-state index in [0.717, 1.165) is 54.9 Å². The van der Waals surface area contributed by atoms with Gasteiger partial charge in [-0.3, -0.25) is 4.79 Å². The van der Waals surface area contributed by atoms with Gasteiger partial charge in [-0.2, -0.15) is 0 Å². The van der Waals surface area contributed by atoms with Crippen LogP contribution in [0.1, 0.15) is 24.8 Å². The summed E-state index contributed by atoms with van der Waals surface area (Å²) >= 11 is 3.53. The number of halogens is 1. The molecule has 1 amide bonds. The molecular weight excluding hydrogens is 380 g/mol. The summed E-state index contributed by atoms with van der Waals surface area (Å²) in [5.74, 6) is 0.971. The molecule has 1 aromatic heterocycles. The molecule has 0 N–H and O–H groups in total. The molecule has 2 aromatic rings. The second-order valence-corrected chi connectivity index (χ2v) is 7.62. The monoisotopic (exact) mass is 400 g/mol. The molecule has 4 rings (SSSR count). The second kappa shape index (κ2) is 7.12. The first-order valence-electron chi connectivity index (χ1n) is 8.84. The van der Waals surface area contributed by atoms with Crippen molar-refractivity contribution in [2.24, 2.45) is 5.92 Å². The lowest BCUT2D eigenvalue weighted by molar-refractivity contribution is -0.122. The fourth-order valence-electron chi connectivity index (χ4n) is 3.83. The molecule has 2 aliphatic heterocycles. The summed E-state index contributed by atoms with van der Waals surface area (Å²) in [4.78, 5) is 26.0. The Bertz CT molecular complexity index is 767. The SMILES string of the molecule is O=C(C1CCCN(c2ncccn2)C1)N1CCCc2cc(Br)ccc21. The normalized spacial score (nSPS) is 20.3. The predicted molar refractivity (Wildman–Crippen MR) is 102 cm³/mol. The first-order valence-corrected chi connectivity index (χ1v) is 9.63. The van der Waals surface area contributed by atoms with Crippen LogP contribution in [0, 0.1) is 5.92 Å². The molecule has 1 atom stereocenters. The van der Waals surface area contributed by atoms with Crippen LogP contribution in [0.3, 0.4) is 0 Å². The van der Waals surface area contributed by atoms with Crippen LogP contribution in [-0.2, 0) is 11.2 Å². The number of aryl methyl sites for hydroxylation is 1. The van der Waals surface area contributed by atoms with E-state index in [1.165, 1.54) is 5.56 Å². The van der Waals surface area contributed by atoms with Gasteiger partial charge in [0.05, 0.1) is 5.92 Å². The standard InChI is InChI=1S/C19H21BrN4O/c20-16-6-7-17-14(12-16)4-2-11-24(17)18(25)15-5-1-10-23(13-15)19-21-8-3-9-22-19/h3,6-9,12,15H,1-2,4-5,10-11,13H2. The number of anilines is 2. The lowest BCUT2D eigenvalue weighted by Gasteiger charge is -2.37. The fourth-order valence-corrected chi connectivity index (χ4v) is 4.24. The summed E-state index contributed by atoms with van der Waals surface area (Å²) < 4.78 is 1.07. The fraction of sp³-hybridized carbons (Fsp3) is 0.421. The van der Waals surface area contributed by atoms with Crippen LogP contribution in [0.25, 0.3) is 0 Å². The van der Waals surface area contributed by atoms with E-state index in [1.54, 1.807) is 12.4 Å². The van der Waals surface area contributed by atoms with Gasteiger partial charge in [-0.1, -0.05) is 15.9 Å². The average molecular weight is 401 g/mol. The number of hydrogen-bond acceptors (Lipinski definition) is 4. The van der Waals surface area contributed by atoms with E-state index in [9.17, 15) is 4.79 Å². The topological polar surface area (TPSA) is 49.3 Å². The highest BCUT2D eigenvalue weighted by atomic mass is 79.9. The number of fused-ring (bicyclic) bond motifs is 1. The van der Waals surface area contributed by atoms with Gasteiger partial charge in [0.1, 0.15) is 0 Å². The Morgan fingerprint density at radius 3 is 2.84 bits per heavy atom. The highest BCUT2D eigenvalue weighted by Crippen LogP contribution is 2.32. The van der Waals surface area contributed by atoms with Crippen molar-refractivity contribution in [2.75, 3.05) is 29.4 Å². The minimum absolute atomic E-state index is 0.00662. The lowest BCUT2D eigenvalue weighted by Crippen LogP contribution is -2.47. The van der Waals surface area contributed by atoms with E-state index in [-0.39, 0.29) is 11.8 Å². The lowest BCUT2D eigenvalue weighted by atomic mass is 9.94. The van der Waals surface area contributed by atoms with Crippen LogP contribution >= 0.6 is 15.9 Å². The largest absolute Gasteiger partial charge is 0.340 e. The van der Waals surface area contributed by atoms with E-state index >= 15 is 0 Å². The molecule has 130 valence electrons. The van der Waals surface area contributed by atoms with E-state index in [0.29, 0.717) is 6.54 Å². The molecule has 0 saturated carbocycles. The molecule has 0 aliphatic carbocycles. The van der Waals surface area contributed by atoms with Crippen LogP contribution in [0.5, 0.6) is 0 Å². The molecule has 1 unspecified atom stereocenters. The van der Waals surface area contributed by atoms with E-state index in [2.05, 4.69) is 42.9 Å². The average Bonchev–Trinajstić information content (AvgIpc) is 2.67. The zero-order chi connectivity index (χ0) is 17.2. The van der Waals surface area contributed by atoms with Crippen molar-refractivity contribution in [3.05, 3.63) is 46.7 Å². The summed E-state index contributed by atoms with van der Waals surface area (Å²) in [5, 5.41) is 0. The third kappa shape index (κ3) is 3.40. The number of amides is 1. The summed E-state index contributed by atoms with van der Waals surface area (Å²) in [6, 6.07) is 8.05. The maximum absolute atomic E-state index is 13.2. The number of rotatable bonds is 2. The van der Waals surface area contributed by atoms with Crippen molar-refractivity contribution in [1.29, 1.82) is 0 Å². The summed E-state index contributed by atoms with van der Waals surface area (Å²) in [6.07, 6.45) is 7.50. The van der Waals surface area contributed by atoms with Crippen molar-refractivity contribution >= 4 is 33.5 Å². The Morgan fingerprint density at radius 1 is 1.16 bits per heavy atom. The Kier molecular flexibility index (Phi) is 4.70. The maximum Gasteiger partial charge on any atom is 0.231 e. The number of aromatic nitrogens is 2. The molecule has 3 heterocycles. The molecule has 1 aromatic carbocycles. The summed E-state index contributed by atoms with van der Waals surface area (Å²) in [7, 11) is 0. The maximum atomic E-state index is 13.2. The van der Waals surface area contributed by atoms with Crippen LogP contribution in [-0.4, -0.2) is 35.5 Å². The van der Waals surface area contributed by atoms with E-state index in [1.807, 2.05) is 17.0 Å². The predicted octanol–water partition coefficient (Wildman–Crippen LogP) is 3.43. The molecule has 6 heteroatoms. The highest BCUT2D eigenvalue weighted by Gasteiger charge is 2.32. The number of carbonyl (C=O) groups is 1. The zero-order valence-corrected chi connectivity index (χ0v) is 15.7.